The van der Waals surface area contributed by atoms with Gasteiger partial charge in [0.05, 0.1) is 10.9 Å². The van der Waals surface area contributed by atoms with E-state index in [1.165, 1.54) is 0 Å². The molecule has 0 atom stereocenters. The number of primary amides is 1. The summed E-state index contributed by atoms with van der Waals surface area (Å²) in [5.41, 5.74) is 7.26. The molecule has 0 unspecified atom stereocenters. The standard InChI is InChI=1S/C12H16N4OS/c1-7-4-5-8-9(14-7)16(11(18)15-8)6-12(2,3)10(13)17/h4-5H,6H2,1-3H3,(H2,13,17)(H,15,18). The van der Waals surface area contributed by atoms with E-state index in [2.05, 4.69) is 9.97 Å². The van der Waals surface area contributed by atoms with Crippen LogP contribution in [0.5, 0.6) is 0 Å². The summed E-state index contributed by atoms with van der Waals surface area (Å²) < 4.78 is 2.38. The first-order valence-electron chi connectivity index (χ1n) is 5.67. The topological polar surface area (TPSA) is 76.7 Å². The first-order chi connectivity index (χ1) is 8.31. The van der Waals surface area contributed by atoms with Gasteiger partial charge in [-0.3, -0.25) is 4.79 Å². The lowest BCUT2D eigenvalue weighted by Gasteiger charge is -2.20. The number of rotatable bonds is 3. The van der Waals surface area contributed by atoms with Crippen molar-refractivity contribution in [3.8, 4) is 0 Å². The number of hydrogen-bond donors (Lipinski definition) is 2. The highest BCUT2D eigenvalue weighted by Gasteiger charge is 2.26. The van der Waals surface area contributed by atoms with Gasteiger partial charge in [-0.05, 0) is 45.1 Å². The lowest BCUT2D eigenvalue weighted by molar-refractivity contribution is -0.126. The second kappa shape index (κ2) is 4.20. The second-order valence-corrected chi connectivity index (χ2v) is 5.47. The Hall–Kier alpha value is -1.69. The van der Waals surface area contributed by atoms with E-state index in [1.807, 2.05) is 23.6 Å². The SMILES string of the molecule is Cc1ccc2[nH]c(=S)n(CC(C)(C)C(N)=O)c2n1. The van der Waals surface area contributed by atoms with Gasteiger partial charge in [0, 0.05) is 12.2 Å². The summed E-state index contributed by atoms with van der Waals surface area (Å²) in [6.07, 6.45) is 0. The third kappa shape index (κ3) is 2.15. The highest BCUT2D eigenvalue weighted by molar-refractivity contribution is 7.71. The van der Waals surface area contributed by atoms with Gasteiger partial charge in [0.2, 0.25) is 5.91 Å². The summed E-state index contributed by atoms with van der Waals surface area (Å²) in [6.45, 7) is 5.92. The van der Waals surface area contributed by atoms with Gasteiger partial charge in [0.25, 0.3) is 0 Å². The predicted molar refractivity (Wildman–Crippen MR) is 72.6 cm³/mol. The van der Waals surface area contributed by atoms with Crippen LogP contribution in [-0.2, 0) is 11.3 Å². The maximum Gasteiger partial charge on any atom is 0.224 e. The quantitative estimate of drug-likeness (QED) is 0.831. The highest BCUT2D eigenvalue weighted by Crippen LogP contribution is 2.21. The van der Waals surface area contributed by atoms with Crippen LogP contribution >= 0.6 is 12.2 Å². The number of amides is 1. The zero-order valence-electron chi connectivity index (χ0n) is 10.7. The Balaban J connectivity index is 2.57. The van der Waals surface area contributed by atoms with Crippen LogP contribution in [0.3, 0.4) is 0 Å². The van der Waals surface area contributed by atoms with Gasteiger partial charge in [0.15, 0.2) is 10.4 Å². The molecule has 2 aromatic rings. The number of H-pyrrole nitrogens is 1. The average Bonchev–Trinajstić information content (AvgIpc) is 2.55. The van der Waals surface area contributed by atoms with E-state index < -0.39 is 5.41 Å². The van der Waals surface area contributed by atoms with Crippen LogP contribution in [-0.4, -0.2) is 20.4 Å². The smallest absolute Gasteiger partial charge is 0.224 e. The van der Waals surface area contributed by atoms with E-state index in [-0.39, 0.29) is 5.91 Å². The Bertz CT molecular complexity index is 668. The van der Waals surface area contributed by atoms with E-state index in [0.29, 0.717) is 11.3 Å². The number of aryl methyl sites for hydroxylation is 1. The van der Waals surface area contributed by atoms with E-state index in [1.54, 1.807) is 13.8 Å². The predicted octanol–water partition coefficient (Wildman–Crippen LogP) is 1.91. The Labute approximate surface area is 110 Å². The fourth-order valence-corrected chi connectivity index (χ4v) is 2.01. The molecular formula is C12H16N4OS. The Morgan fingerprint density at radius 1 is 1.56 bits per heavy atom. The number of imidazole rings is 1. The monoisotopic (exact) mass is 264 g/mol. The van der Waals surface area contributed by atoms with Gasteiger partial charge >= 0.3 is 0 Å². The fourth-order valence-electron chi connectivity index (χ4n) is 1.75. The normalized spacial score (nSPS) is 11.9. The first kappa shape index (κ1) is 12.8. The molecule has 0 saturated heterocycles. The van der Waals surface area contributed by atoms with Crippen LogP contribution in [0.15, 0.2) is 12.1 Å². The van der Waals surface area contributed by atoms with Crippen LogP contribution < -0.4 is 5.73 Å². The van der Waals surface area contributed by atoms with Gasteiger partial charge in [0.1, 0.15) is 0 Å². The van der Waals surface area contributed by atoms with Crippen LogP contribution in [0.1, 0.15) is 19.5 Å². The molecule has 0 radical (unpaired) electrons. The van der Waals surface area contributed by atoms with Gasteiger partial charge in [-0.15, -0.1) is 0 Å². The second-order valence-electron chi connectivity index (χ2n) is 5.09. The van der Waals surface area contributed by atoms with Crippen molar-refractivity contribution in [3.63, 3.8) is 0 Å². The summed E-state index contributed by atoms with van der Waals surface area (Å²) in [7, 11) is 0. The van der Waals surface area contributed by atoms with Crippen LogP contribution in [0.25, 0.3) is 11.2 Å². The molecule has 0 spiro atoms. The number of nitrogens with one attached hydrogen (secondary N) is 1. The minimum atomic E-state index is -0.668. The molecule has 0 fully saturated rings. The third-order valence-electron chi connectivity index (χ3n) is 2.98. The molecule has 18 heavy (non-hydrogen) atoms. The number of nitrogens with two attached hydrogens (primary N) is 1. The van der Waals surface area contributed by atoms with Crippen molar-refractivity contribution in [1.82, 2.24) is 14.5 Å². The maximum absolute atomic E-state index is 11.4. The molecule has 3 N–H and O–H groups in total. The molecule has 2 heterocycles. The van der Waals surface area contributed by atoms with Crippen molar-refractivity contribution in [2.75, 3.05) is 0 Å². The molecule has 0 aliphatic heterocycles. The van der Waals surface area contributed by atoms with Crippen LogP contribution in [0.4, 0.5) is 0 Å². The van der Waals surface area contributed by atoms with Gasteiger partial charge < -0.3 is 15.3 Å². The largest absolute Gasteiger partial charge is 0.369 e. The van der Waals surface area contributed by atoms with Crippen LogP contribution in [0, 0.1) is 17.1 Å². The molecule has 0 aliphatic rings. The minimum Gasteiger partial charge on any atom is -0.369 e. The van der Waals surface area contributed by atoms with Crippen molar-refractivity contribution >= 4 is 29.3 Å². The fraction of sp³-hybridized carbons (Fsp3) is 0.417. The molecule has 0 bridgehead atoms. The van der Waals surface area contributed by atoms with E-state index in [4.69, 9.17) is 18.0 Å². The first-order valence-corrected chi connectivity index (χ1v) is 6.08. The van der Waals surface area contributed by atoms with Crippen LogP contribution in [0.2, 0.25) is 0 Å². The maximum atomic E-state index is 11.4. The molecule has 0 saturated carbocycles. The Morgan fingerprint density at radius 3 is 2.83 bits per heavy atom. The van der Waals surface area contributed by atoms with Crippen molar-refractivity contribution < 1.29 is 4.79 Å². The number of pyridine rings is 1. The van der Waals surface area contributed by atoms with Crippen molar-refractivity contribution in [2.24, 2.45) is 11.1 Å². The summed E-state index contributed by atoms with van der Waals surface area (Å²) in [5, 5.41) is 0. The lowest BCUT2D eigenvalue weighted by Crippen LogP contribution is -2.35. The summed E-state index contributed by atoms with van der Waals surface area (Å²) in [5.74, 6) is -0.355. The minimum absolute atomic E-state index is 0.355. The molecule has 96 valence electrons. The zero-order chi connectivity index (χ0) is 13.5. The molecule has 2 rings (SSSR count). The van der Waals surface area contributed by atoms with E-state index in [9.17, 15) is 4.79 Å². The molecule has 6 heteroatoms. The molecule has 2 aromatic heterocycles. The third-order valence-corrected chi connectivity index (χ3v) is 3.30. The Morgan fingerprint density at radius 2 is 2.22 bits per heavy atom. The molecular weight excluding hydrogens is 248 g/mol. The zero-order valence-corrected chi connectivity index (χ0v) is 11.5. The summed E-state index contributed by atoms with van der Waals surface area (Å²) in [6, 6.07) is 3.85. The number of carbonyl (C=O) groups excluding carboxylic acids is 1. The van der Waals surface area contributed by atoms with E-state index >= 15 is 0 Å². The number of nitrogens with zero attached hydrogens (tertiary/aromatic N) is 2. The number of fused-ring (bicyclic) bond motifs is 1. The highest BCUT2D eigenvalue weighted by atomic mass is 32.1. The average molecular weight is 264 g/mol. The summed E-state index contributed by atoms with van der Waals surface area (Å²) >= 11 is 5.27. The van der Waals surface area contributed by atoms with Crippen molar-refractivity contribution in [3.05, 3.63) is 22.6 Å². The Kier molecular flexibility index (Phi) is 2.98. The molecule has 0 aromatic carbocycles. The van der Waals surface area contributed by atoms with Gasteiger partial charge in [-0.25, -0.2) is 4.98 Å². The van der Waals surface area contributed by atoms with E-state index in [0.717, 1.165) is 16.9 Å². The number of aromatic amines is 1. The molecule has 0 aliphatic carbocycles. The van der Waals surface area contributed by atoms with Crippen molar-refractivity contribution in [1.29, 1.82) is 0 Å². The van der Waals surface area contributed by atoms with Gasteiger partial charge in [-0.1, -0.05) is 0 Å². The van der Waals surface area contributed by atoms with Gasteiger partial charge in [-0.2, -0.15) is 0 Å². The molecule has 1 amide bonds. The number of aromatic nitrogens is 3. The summed E-state index contributed by atoms with van der Waals surface area (Å²) in [4.78, 5) is 18.9. The lowest BCUT2D eigenvalue weighted by atomic mass is 9.93. The number of carbonyl (C=O) groups is 1. The number of hydrogen-bond acceptors (Lipinski definition) is 3. The molecule has 5 nitrogen and oxygen atoms in total. The van der Waals surface area contributed by atoms with Crippen molar-refractivity contribution in [2.45, 2.75) is 27.3 Å².